The third kappa shape index (κ3) is 4.60. The van der Waals surface area contributed by atoms with Gasteiger partial charge in [0.1, 0.15) is 5.82 Å². The van der Waals surface area contributed by atoms with Gasteiger partial charge in [0.25, 0.3) is 0 Å². The Bertz CT molecular complexity index is 461. The number of aromatic nitrogens is 1. The number of carbonyl (C=O) groups is 1. The third-order valence-corrected chi connectivity index (χ3v) is 3.61. The van der Waals surface area contributed by atoms with Crippen molar-refractivity contribution in [2.24, 2.45) is 0 Å². The number of ether oxygens (including phenoxy) is 1. The van der Waals surface area contributed by atoms with Gasteiger partial charge in [0.2, 0.25) is 0 Å². The number of nitrogens with one attached hydrogen (secondary N) is 2. The first-order valence-corrected chi connectivity index (χ1v) is 7.51. The molecule has 2 rings (SSSR count). The van der Waals surface area contributed by atoms with Crippen LogP contribution in [0.2, 0.25) is 0 Å². The van der Waals surface area contributed by atoms with Crippen LogP contribution in [0.5, 0.6) is 0 Å². The van der Waals surface area contributed by atoms with Crippen molar-refractivity contribution in [3.05, 3.63) is 23.9 Å². The molecule has 1 saturated heterocycles. The predicted molar refractivity (Wildman–Crippen MR) is 82.4 cm³/mol. The van der Waals surface area contributed by atoms with E-state index in [4.69, 9.17) is 4.74 Å². The first kappa shape index (κ1) is 15.6. The number of morpholine rings is 1. The first-order chi connectivity index (χ1) is 10.2. The van der Waals surface area contributed by atoms with E-state index in [1.165, 1.54) is 0 Å². The highest BCUT2D eigenvalue weighted by atomic mass is 16.5. The Morgan fingerprint density at radius 1 is 1.48 bits per heavy atom. The highest BCUT2D eigenvalue weighted by Gasteiger charge is 2.16. The van der Waals surface area contributed by atoms with E-state index in [0.29, 0.717) is 6.54 Å². The molecule has 0 saturated carbocycles. The van der Waals surface area contributed by atoms with Crippen molar-refractivity contribution in [3.8, 4) is 0 Å². The molecule has 1 unspecified atom stereocenters. The molecule has 0 radical (unpaired) electrons. The smallest absolute Gasteiger partial charge is 0.315 e. The second-order valence-corrected chi connectivity index (χ2v) is 5.22. The molecule has 1 aromatic rings. The molecule has 6 heteroatoms. The van der Waals surface area contributed by atoms with Crippen LogP contribution in [0.25, 0.3) is 0 Å². The van der Waals surface area contributed by atoms with Gasteiger partial charge in [-0.3, -0.25) is 0 Å². The molecule has 0 bridgehead atoms. The van der Waals surface area contributed by atoms with Gasteiger partial charge < -0.3 is 20.3 Å². The summed E-state index contributed by atoms with van der Waals surface area (Å²) >= 11 is 0. The third-order valence-electron chi connectivity index (χ3n) is 3.61. The molecule has 2 heterocycles. The maximum atomic E-state index is 11.8. The molecule has 21 heavy (non-hydrogen) atoms. The Kier molecular flexibility index (Phi) is 5.80. The summed E-state index contributed by atoms with van der Waals surface area (Å²) in [4.78, 5) is 18.5. The van der Waals surface area contributed by atoms with Gasteiger partial charge in [0.05, 0.1) is 13.2 Å². The molecule has 0 spiro atoms. The summed E-state index contributed by atoms with van der Waals surface area (Å²) in [5, 5.41) is 5.79. The molecular weight excluding hydrogens is 268 g/mol. The SMILES string of the molecule is CCC(C)NC(=O)NCc1cccnc1N1CCOCC1. The van der Waals surface area contributed by atoms with Crippen molar-refractivity contribution in [2.75, 3.05) is 31.2 Å². The maximum Gasteiger partial charge on any atom is 0.315 e. The second kappa shape index (κ2) is 7.83. The second-order valence-electron chi connectivity index (χ2n) is 5.22. The summed E-state index contributed by atoms with van der Waals surface area (Å²) in [5.41, 5.74) is 1.03. The zero-order valence-corrected chi connectivity index (χ0v) is 12.8. The lowest BCUT2D eigenvalue weighted by Crippen LogP contribution is -2.41. The zero-order valence-electron chi connectivity index (χ0n) is 12.8. The predicted octanol–water partition coefficient (Wildman–Crippen LogP) is 1.52. The number of anilines is 1. The molecule has 6 nitrogen and oxygen atoms in total. The highest BCUT2D eigenvalue weighted by molar-refractivity contribution is 5.74. The topological polar surface area (TPSA) is 66.5 Å². The molecule has 1 aromatic heterocycles. The molecule has 1 aliphatic rings. The van der Waals surface area contributed by atoms with E-state index in [0.717, 1.165) is 44.1 Å². The average molecular weight is 292 g/mol. The van der Waals surface area contributed by atoms with Crippen LogP contribution >= 0.6 is 0 Å². The Balaban J connectivity index is 1.95. The van der Waals surface area contributed by atoms with Crippen LogP contribution in [0, 0.1) is 0 Å². The van der Waals surface area contributed by atoms with Crippen LogP contribution in [-0.2, 0) is 11.3 Å². The van der Waals surface area contributed by atoms with Crippen LogP contribution < -0.4 is 15.5 Å². The van der Waals surface area contributed by atoms with Crippen LogP contribution in [0.3, 0.4) is 0 Å². The van der Waals surface area contributed by atoms with Crippen molar-refractivity contribution in [1.29, 1.82) is 0 Å². The van der Waals surface area contributed by atoms with Gasteiger partial charge in [-0.2, -0.15) is 0 Å². The molecule has 2 N–H and O–H groups in total. The summed E-state index contributed by atoms with van der Waals surface area (Å²) in [5.74, 6) is 0.935. The fourth-order valence-corrected chi connectivity index (χ4v) is 2.18. The minimum atomic E-state index is -0.138. The Morgan fingerprint density at radius 2 is 2.24 bits per heavy atom. The van der Waals surface area contributed by atoms with Crippen LogP contribution in [0.15, 0.2) is 18.3 Å². The Labute approximate surface area is 125 Å². The van der Waals surface area contributed by atoms with Crippen molar-refractivity contribution in [2.45, 2.75) is 32.9 Å². The molecule has 1 atom stereocenters. The van der Waals surface area contributed by atoms with Gasteiger partial charge in [-0.05, 0) is 19.4 Å². The maximum absolute atomic E-state index is 11.8. The summed E-state index contributed by atoms with van der Waals surface area (Å²) < 4.78 is 5.37. The number of urea groups is 1. The molecule has 0 aromatic carbocycles. The van der Waals surface area contributed by atoms with Crippen molar-refractivity contribution in [1.82, 2.24) is 15.6 Å². The van der Waals surface area contributed by atoms with E-state index in [1.807, 2.05) is 26.0 Å². The average Bonchev–Trinajstić information content (AvgIpc) is 2.54. The summed E-state index contributed by atoms with van der Waals surface area (Å²) in [6.07, 6.45) is 2.70. The molecule has 1 fully saturated rings. The number of nitrogens with zero attached hydrogens (tertiary/aromatic N) is 2. The summed E-state index contributed by atoms with van der Waals surface area (Å²) in [6.45, 7) is 7.62. The highest BCUT2D eigenvalue weighted by Crippen LogP contribution is 2.18. The molecule has 2 amide bonds. The molecule has 116 valence electrons. The monoisotopic (exact) mass is 292 g/mol. The number of carbonyl (C=O) groups excluding carboxylic acids is 1. The Morgan fingerprint density at radius 3 is 2.95 bits per heavy atom. The Hall–Kier alpha value is -1.82. The van der Waals surface area contributed by atoms with E-state index < -0.39 is 0 Å². The summed E-state index contributed by atoms with van der Waals surface area (Å²) in [6, 6.07) is 3.94. The lowest BCUT2D eigenvalue weighted by molar-refractivity contribution is 0.122. The molecule has 1 aliphatic heterocycles. The van der Waals surface area contributed by atoms with Crippen molar-refractivity contribution < 1.29 is 9.53 Å². The van der Waals surface area contributed by atoms with Crippen LogP contribution in [-0.4, -0.2) is 43.4 Å². The van der Waals surface area contributed by atoms with E-state index >= 15 is 0 Å². The van der Waals surface area contributed by atoms with E-state index in [9.17, 15) is 4.79 Å². The van der Waals surface area contributed by atoms with Gasteiger partial charge in [-0.15, -0.1) is 0 Å². The number of hydrogen-bond acceptors (Lipinski definition) is 4. The minimum absolute atomic E-state index is 0.138. The van der Waals surface area contributed by atoms with E-state index in [-0.39, 0.29) is 12.1 Å². The number of hydrogen-bond donors (Lipinski definition) is 2. The van der Waals surface area contributed by atoms with E-state index in [2.05, 4.69) is 20.5 Å². The van der Waals surface area contributed by atoms with E-state index in [1.54, 1.807) is 6.20 Å². The molecule has 0 aliphatic carbocycles. The van der Waals surface area contributed by atoms with Crippen LogP contribution in [0.4, 0.5) is 10.6 Å². The molecular formula is C15H24N4O2. The van der Waals surface area contributed by atoms with Crippen molar-refractivity contribution >= 4 is 11.8 Å². The number of rotatable bonds is 5. The largest absolute Gasteiger partial charge is 0.378 e. The van der Waals surface area contributed by atoms with Gasteiger partial charge >= 0.3 is 6.03 Å². The number of amides is 2. The summed E-state index contributed by atoms with van der Waals surface area (Å²) in [7, 11) is 0. The van der Waals surface area contributed by atoms with Gasteiger partial charge in [0, 0.05) is 37.4 Å². The fraction of sp³-hybridized carbons (Fsp3) is 0.600. The zero-order chi connectivity index (χ0) is 15.1. The lowest BCUT2D eigenvalue weighted by atomic mass is 10.2. The first-order valence-electron chi connectivity index (χ1n) is 7.51. The van der Waals surface area contributed by atoms with Crippen LogP contribution in [0.1, 0.15) is 25.8 Å². The minimum Gasteiger partial charge on any atom is -0.378 e. The fourth-order valence-electron chi connectivity index (χ4n) is 2.18. The van der Waals surface area contributed by atoms with Gasteiger partial charge in [-0.25, -0.2) is 9.78 Å². The normalized spacial score (nSPS) is 16.4. The lowest BCUT2D eigenvalue weighted by Gasteiger charge is -2.29. The van der Waals surface area contributed by atoms with Crippen molar-refractivity contribution in [3.63, 3.8) is 0 Å². The quantitative estimate of drug-likeness (QED) is 0.863. The standard InChI is InChI=1S/C15H24N4O2/c1-3-12(2)18-15(20)17-11-13-5-4-6-16-14(13)19-7-9-21-10-8-19/h4-6,12H,3,7-11H2,1-2H3,(H2,17,18,20). The van der Waals surface area contributed by atoms with Gasteiger partial charge in [-0.1, -0.05) is 13.0 Å². The van der Waals surface area contributed by atoms with Gasteiger partial charge in [0.15, 0.2) is 0 Å². The number of pyridine rings is 1.